The van der Waals surface area contributed by atoms with Crippen LogP contribution in [0.4, 0.5) is 0 Å². The van der Waals surface area contributed by atoms with Crippen LogP contribution in [-0.2, 0) is 11.3 Å². The molecule has 0 saturated heterocycles. The van der Waals surface area contributed by atoms with Crippen molar-refractivity contribution in [2.75, 3.05) is 72.6 Å². The molecule has 2 unspecified atom stereocenters. The first kappa shape index (κ1) is 33.9. The molecule has 1 aromatic rings. The van der Waals surface area contributed by atoms with Crippen molar-refractivity contribution < 1.29 is 4.74 Å². The van der Waals surface area contributed by atoms with Crippen molar-refractivity contribution in [2.24, 2.45) is 28.9 Å². The van der Waals surface area contributed by atoms with E-state index >= 15 is 0 Å². The average Bonchev–Trinajstić information content (AvgIpc) is 2.87. The summed E-state index contributed by atoms with van der Waals surface area (Å²) in [6.07, 6.45) is 5.41. The first-order valence-electron chi connectivity index (χ1n) is 13.8. The van der Waals surface area contributed by atoms with E-state index in [0.717, 1.165) is 97.7 Å². The Morgan fingerprint density at radius 2 is 1.20 bits per heavy atom. The first-order valence-corrected chi connectivity index (χ1v) is 13.8. The third-order valence-electron chi connectivity index (χ3n) is 6.30. The summed E-state index contributed by atoms with van der Waals surface area (Å²) < 4.78 is 5.14. The van der Waals surface area contributed by atoms with E-state index in [2.05, 4.69) is 54.8 Å². The fourth-order valence-electron chi connectivity index (χ4n) is 4.05. The topological polar surface area (TPSA) is 120 Å². The lowest BCUT2D eigenvalue weighted by atomic mass is 9.97. The number of hydrogen-bond acceptors (Lipinski definition) is 7. The molecular formula is C28H58N6O. The van der Waals surface area contributed by atoms with Crippen molar-refractivity contribution in [3.8, 4) is 0 Å². The standard InChI is InChI=1S/C17H31N3.C11H27N3O/c1-3-15(2)17-8-6-16(7-9-17)14-20(12-4-10-18)13-5-11-19;1-11(10-15-2)9-14(7-3-5-12)8-4-6-13/h6-9,15H,3-5,10-14,18-19H2,1-2H3;11H,3-10,12-13H2,1-2H3. The van der Waals surface area contributed by atoms with Gasteiger partial charge in [0.15, 0.2) is 0 Å². The van der Waals surface area contributed by atoms with Gasteiger partial charge in [-0.1, -0.05) is 45.0 Å². The number of hydrogen-bond donors (Lipinski definition) is 4. The molecular weight excluding hydrogens is 436 g/mol. The molecule has 0 aliphatic heterocycles. The van der Waals surface area contributed by atoms with E-state index in [1.807, 2.05) is 0 Å². The molecule has 0 bridgehead atoms. The van der Waals surface area contributed by atoms with E-state index in [1.54, 1.807) is 7.11 Å². The highest BCUT2D eigenvalue weighted by molar-refractivity contribution is 5.25. The summed E-state index contributed by atoms with van der Waals surface area (Å²) in [5.74, 6) is 1.22. The molecule has 7 heteroatoms. The van der Waals surface area contributed by atoms with Crippen LogP contribution in [0.15, 0.2) is 24.3 Å². The van der Waals surface area contributed by atoms with Crippen LogP contribution in [0.3, 0.4) is 0 Å². The van der Waals surface area contributed by atoms with E-state index in [-0.39, 0.29) is 0 Å². The Hall–Kier alpha value is -1.06. The fraction of sp³-hybridized carbons (Fsp3) is 0.786. The van der Waals surface area contributed by atoms with Gasteiger partial charge in [-0.15, -0.1) is 0 Å². The zero-order chi connectivity index (χ0) is 26.3. The number of rotatable bonds is 20. The molecule has 0 saturated carbocycles. The Labute approximate surface area is 216 Å². The second-order valence-electron chi connectivity index (χ2n) is 9.76. The maximum absolute atomic E-state index is 5.62. The van der Waals surface area contributed by atoms with Crippen molar-refractivity contribution >= 4 is 0 Å². The van der Waals surface area contributed by atoms with Gasteiger partial charge < -0.3 is 32.6 Å². The Bertz CT molecular complexity index is 555. The minimum Gasteiger partial charge on any atom is -0.384 e. The van der Waals surface area contributed by atoms with Crippen molar-refractivity contribution in [2.45, 2.75) is 65.3 Å². The summed E-state index contributed by atoms with van der Waals surface area (Å²) >= 11 is 0. The summed E-state index contributed by atoms with van der Waals surface area (Å²) in [4.78, 5) is 4.89. The molecule has 0 amide bonds. The third kappa shape index (κ3) is 17.9. The number of nitrogens with zero attached hydrogens (tertiary/aromatic N) is 2. The van der Waals surface area contributed by atoms with Gasteiger partial charge in [0.1, 0.15) is 0 Å². The molecule has 0 heterocycles. The predicted molar refractivity (Wildman–Crippen MR) is 153 cm³/mol. The molecule has 0 aliphatic carbocycles. The molecule has 1 rings (SSSR count). The van der Waals surface area contributed by atoms with Crippen LogP contribution in [0.2, 0.25) is 0 Å². The zero-order valence-electron chi connectivity index (χ0n) is 23.4. The number of nitrogens with two attached hydrogens (primary N) is 4. The van der Waals surface area contributed by atoms with Gasteiger partial charge in [0.2, 0.25) is 0 Å². The van der Waals surface area contributed by atoms with Crippen LogP contribution in [-0.4, -0.2) is 82.4 Å². The summed E-state index contributed by atoms with van der Waals surface area (Å²) in [6.45, 7) is 16.9. The van der Waals surface area contributed by atoms with Gasteiger partial charge in [-0.05, 0) is 107 Å². The van der Waals surface area contributed by atoms with Crippen molar-refractivity contribution in [3.63, 3.8) is 0 Å². The van der Waals surface area contributed by atoms with Gasteiger partial charge in [0.25, 0.3) is 0 Å². The molecule has 8 N–H and O–H groups in total. The predicted octanol–water partition coefficient (Wildman–Crippen LogP) is 2.97. The maximum atomic E-state index is 5.62. The van der Waals surface area contributed by atoms with Crippen LogP contribution in [0.1, 0.15) is 69.9 Å². The van der Waals surface area contributed by atoms with Gasteiger partial charge in [0, 0.05) is 26.8 Å². The van der Waals surface area contributed by atoms with E-state index in [1.165, 1.54) is 17.5 Å². The molecule has 0 fully saturated rings. The molecule has 206 valence electrons. The van der Waals surface area contributed by atoms with Crippen LogP contribution in [0.5, 0.6) is 0 Å². The minimum absolute atomic E-state index is 0.575. The van der Waals surface area contributed by atoms with Gasteiger partial charge in [0.05, 0.1) is 0 Å². The highest BCUT2D eigenvalue weighted by Gasteiger charge is 2.09. The van der Waals surface area contributed by atoms with Crippen LogP contribution >= 0.6 is 0 Å². The van der Waals surface area contributed by atoms with Crippen LogP contribution < -0.4 is 22.9 Å². The fourth-order valence-corrected chi connectivity index (χ4v) is 4.05. The number of methoxy groups -OCH3 is 1. The Balaban J connectivity index is 0.000000691. The minimum atomic E-state index is 0.575. The molecule has 0 radical (unpaired) electrons. The molecule has 1 aromatic carbocycles. The highest BCUT2D eigenvalue weighted by Crippen LogP contribution is 2.19. The summed E-state index contributed by atoms with van der Waals surface area (Å²) in [5.41, 5.74) is 25.1. The monoisotopic (exact) mass is 494 g/mol. The van der Waals surface area contributed by atoms with Crippen molar-refractivity contribution in [1.29, 1.82) is 0 Å². The molecule has 35 heavy (non-hydrogen) atoms. The zero-order valence-corrected chi connectivity index (χ0v) is 23.4. The third-order valence-corrected chi connectivity index (χ3v) is 6.30. The Morgan fingerprint density at radius 1 is 0.743 bits per heavy atom. The van der Waals surface area contributed by atoms with Gasteiger partial charge >= 0.3 is 0 Å². The molecule has 7 nitrogen and oxygen atoms in total. The lowest BCUT2D eigenvalue weighted by molar-refractivity contribution is 0.128. The Kier molecular flexibility index (Phi) is 22.6. The van der Waals surface area contributed by atoms with Crippen molar-refractivity contribution in [1.82, 2.24) is 9.80 Å². The number of benzene rings is 1. The SMILES string of the molecule is CCC(C)c1ccc(CN(CCCN)CCCN)cc1.COCC(C)CN(CCCN)CCCN. The molecule has 0 aliphatic rings. The maximum Gasteiger partial charge on any atom is 0.0500 e. The van der Waals surface area contributed by atoms with Crippen LogP contribution in [0.25, 0.3) is 0 Å². The van der Waals surface area contributed by atoms with Gasteiger partial charge in [-0.3, -0.25) is 4.90 Å². The second kappa shape index (κ2) is 23.3. The van der Waals surface area contributed by atoms with Crippen molar-refractivity contribution in [3.05, 3.63) is 35.4 Å². The summed E-state index contributed by atoms with van der Waals surface area (Å²) in [7, 11) is 1.75. The van der Waals surface area contributed by atoms with E-state index in [4.69, 9.17) is 27.7 Å². The number of ether oxygens (including phenoxy) is 1. The molecule has 0 aromatic heterocycles. The van der Waals surface area contributed by atoms with Gasteiger partial charge in [-0.2, -0.15) is 0 Å². The first-order chi connectivity index (χ1) is 16.9. The van der Waals surface area contributed by atoms with Crippen LogP contribution in [0, 0.1) is 5.92 Å². The van der Waals surface area contributed by atoms with Gasteiger partial charge in [-0.25, -0.2) is 0 Å². The average molecular weight is 495 g/mol. The van der Waals surface area contributed by atoms with E-state index < -0.39 is 0 Å². The van der Waals surface area contributed by atoms with E-state index in [9.17, 15) is 0 Å². The Morgan fingerprint density at radius 3 is 1.60 bits per heavy atom. The molecule has 0 spiro atoms. The summed E-state index contributed by atoms with van der Waals surface area (Å²) in [5, 5.41) is 0. The normalized spacial score (nSPS) is 13.1. The lowest BCUT2D eigenvalue weighted by Crippen LogP contribution is -2.33. The molecule has 2 atom stereocenters. The second-order valence-corrected chi connectivity index (χ2v) is 9.76. The largest absolute Gasteiger partial charge is 0.384 e. The summed E-state index contributed by atoms with van der Waals surface area (Å²) in [6, 6.07) is 9.07. The van der Waals surface area contributed by atoms with E-state index in [0.29, 0.717) is 11.8 Å². The smallest absolute Gasteiger partial charge is 0.0500 e. The lowest BCUT2D eigenvalue weighted by Gasteiger charge is -2.25. The highest BCUT2D eigenvalue weighted by atomic mass is 16.5. The quantitative estimate of drug-likeness (QED) is 0.220.